The van der Waals surface area contributed by atoms with Gasteiger partial charge in [0, 0.05) is 22.7 Å². The van der Waals surface area contributed by atoms with Crippen LogP contribution in [0.2, 0.25) is 5.02 Å². The third-order valence-electron chi connectivity index (χ3n) is 2.33. The van der Waals surface area contributed by atoms with Gasteiger partial charge >= 0.3 is 0 Å². The quantitative estimate of drug-likeness (QED) is 0.866. The lowest BCUT2D eigenvalue weighted by Gasteiger charge is -2.20. The van der Waals surface area contributed by atoms with Crippen molar-refractivity contribution in [3.05, 3.63) is 27.7 Å². The molecule has 0 aliphatic heterocycles. The summed E-state index contributed by atoms with van der Waals surface area (Å²) in [6, 6.07) is 6.15. The van der Waals surface area contributed by atoms with Crippen molar-refractivity contribution in [3.63, 3.8) is 0 Å². The van der Waals surface area contributed by atoms with Crippen LogP contribution in [0.15, 0.2) is 22.7 Å². The van der Waals surface area contributed by atoms with E-state index >= 15 is 0 Å². The molecule has 1 unspecified atom stereocenters. The molecule has 1 rings (SSSR count). The highest BCUT2D eigenvalue weighted by Gasteiger charge is 2.09. The number of rotatable bonds is 5. The zero-order chi connectivity index (χ0) is 12.1. The van der Waals surface area contributed by atoms with Crippen LogP contribution in [-0.2, 0) is 0 Å². The third kappa shape index (κ3) is 4.32. The van der Waals surface area contributed by atoms with E-state index in [0.29, 0.717) is 23.5 Å². The van der Waals surface area contributed by atoms with Gasteiger partial charge in [-0.2, -0.15) is 0 Å². The fourth-order valence-corrected chi connectivity index (χ4v) is 2.03. The molecule has 16 heavy (non-hydrogen) atoms. The molecule has 0 amide bonds. The van der Waals surface area contributed by atoms with Crippen LogP contribution in [0.3, 0.4) is 0 Å². The van der Waals surface area contributed by atoms with Crippen LogP contribution in [0.4, 0.5) is 5.69 Å². The Kier molecular flexibility index (Phi) is 5.59. The Balaban J connectivity index is 2.66. The molecule has 0 heterocycles. The normalized spacial score (nSPS) is 12.9. The van der Waals surface area contributed by atoms with Gasteiger partial charge in [-0.1, -0.05) is 25.4 Å². The van der Waals surface area contributed by atoms with Gasteiger partial charge < -0.3 is 11.1 Å². The SMILES string of the molecule is CC(C)CC(CN)Nc1ccc(Br)c(Cl)c1. The van der Waals surface area contributed by atoms with Crippen LogP contribution < -0.4 is 11.1 Å². The van der Waals surface area contributed by atoms with Crippen LogP contribution >= 0.6 is 27.5 Å². The minimum Gasteiger partial charge on any atom is -0.381 e. The Bertz CT molecular complexity index is 342. The van der Waals surface area contributed by atoms with Crippen molar-refractivity contribution in [1.82, 2.24) is 0 Å². The Morgan fingerprint density at radius 2 is 2.12 bits per heavy atom. The second-order valence-corrected chi connectivity index (χ2v) is 5.60. The van der Waals surface area contributed by atoms with E-state index in [1.54, 1.807) is 0 Å². The first-order chi connectivity index (χ1) is 7.52. The van der Waals surface area contributed by atoms with Gasteiger partial charge in [0.2, 0.25) is 0 Å². The first-order valence-electron chi connectivity index (χ1n) is 5.44. The molecule has 0 saturated carbocycles. The van der Waals surface area contributed by atoms with Crippen LogP contribution in [0.1, 0.15) is 20.3 Å². The van der Waals surface area contributed by atoms with Crippen molar-refractivity contribution in [2.24, 2.45) is 11.7 Å². The number of benzene rings is 1. The van der Waals surface area contributed by atoms with Crippen LogP contribution in [0.25, 0.3) is 0 Å². The number of hydrogen-bond acceptors (Lipinski definition) is 2. The second-order valence-electron chi connectivity index (χ2n) is 4.34. The number of nitrogens with one attached hydrogen (secondary N) is 1. The second kappa shape index (κ2) is 6.48. The molecular weight excluding hydrogens is 288 g/mol. The molecule has 1 atom stereocenters. The molecule has 3 N–H and O–H groups in total. The molecule has 4 heteroatoms. The molecule has 0 bridgehead atoms. The lowest BCUT2D eigenvalue weighted by atomic mass is 10.0. The molecule has 0 aliphatic rings. The maximum atomic E-state index is 6.03. The highest BCUT2D eigenvalue weighted by Crippen LogP contribution is 2.26. The van der Waals surface area contributed by atoms with Crippen molar-refractivity contribution in [3.8, 4) is 0 Å². The predicted molar refractivity (Wildman–Crippen MR) is 75.1 cm³/mol. The summed E-state index contributed by atoms with van der Waals surface area (Å²) < 4.78 is 0.910. The van der Waals surface area contributed by atoms with Gasteiger partial charge in [0.1, 0.15) is 0 Å². The Morgan fingerprint density at radius 3 is 2.62 bits per heavy atom. The zero-order valence-electron chi connectivity index (χ0n) is 9.63. The largest absolute Gasteiger partial charge is 0.381 e. The average molecular weight is 306 g/mol. The third-order valence-corrected chi connectivity index (χ3v) is 3.56. The number of nitrogens with two attached hydrogens (primary N) is 1. The fraction of sp³-hybridized carbons (Fsp3) is 0.500. The summed E-state index contributed by atoms with van der Waals surface area (Å²) in [6.07, 6.45) is 1.06. The van der Waals surface area contributed by atoms with E-state index in [2.05, 4.69) is 35.1 Å². The van der Waals surface area contributed by atoms with Gasteiger partial charge in [-0.25, -0.2) is 0 Å². The van der Waals surface area contributed by atoms with E-state index in [1.807, 2.05) is 18.2 Å². The molecular formula is C12H18BrClN2. The summed E-state index contributed by atoms with van der Waals surface area (Å²) >= 11 is 9.40. The molecule has 1 aromatic rings. The van der Waals surface area contributed by atoms with Gasteiger partial charge in [0.15, 0.2) is 0 Å². The van der Waals surface area contributed by atoms with Gasteiger partial charge in [0.25, 0.3) is 0 Å². The highest BCUT2D eigenvalue weighted by atomic mass is 79.9. The van der Waals surface area contributed by atoms with E-state index in [9.17, 15) is 0 Å². The smallest absolute Gasteiger partial charge is 0.0568 e. The van der Waals surface area contributed by atoms with E-state index in [-0.39, 0.29) is 0 Å². The molecule has 0 radical (unpaired) electrons. The van der Waals surface area contributed by atoms with Crippen molar-refractivity contribution in [2.45, 2.75) is 26.3 Å². The molecule has 0 aromatic heterocycles. The average Bonchev–Trinajstić information content (AvgIpc) is 2.22. The van der Waals surface area contributed by atoms with Gasteiger partial charge in [0.05, 0.1) is 5.02 Å². The van der Waals surface area contributed by atoms with E-state index < -0.39 is 0 Å². The topological polar surface area (TPSA) is 38.0 Å². The molecule has 1 aromatic carbocycles. The number of hydrogen-bond donors (Lipinski definition) is 2. The Morgan fingerprint density at radius 1 is 1.44 bits per heavy atom. The minimum absolute atomic E-state index is 0.303. The summed E-state index contributed by atoms with van der Waals surface area (Å²) in [7, 11) is 0. The summed E-state index contributed by atoms with van der Waals surface area (Å²) in [5, 5.41) is 4.11. The minimum atomic E-state index is 0.303. The molecule has 0 aliphatic carbocycles. The monoisotopic (exact) mass is 304 g/mol. The number of anilines is 1. The van der Waals surface area contributed by atoms with Crippen molar-refractivity contribution >= 4 is 33.2 Å². The van der Waals surface area contributed by atoms with Gasteiger partial charge in [-0.3, -0.25) is 0 Å². The predicted octanol–water partition coefficient (Wildman–Crippen LogP) is 3.89. The van der Waals surface area contributed by atoms with Crippen molar-refractivity contribution in [2.75, 3.05) is 11.9 Å². The van der Waals surface area contributed by atoms with Gasteiger partial charge in [-0.05, 0) is 46.5 Å². The van der Waals surface area contributed by atoms with E-state index in [0.717, 1.165) is 16.6 Å². The van der Waals surface area contributed by atoms with Crippen LogP contribution in [0, 0.1) is 5.92 Å². The lowest BCUT2D eigenvalue weighted by molar-refractivity contribution is 0.522. The first kappa shape index (κ1) is 13.8. The lowest BCUT2D eigenvalue weighted by Crippen LogP contribution is -2.30. The Hall–Kier alpha value is -0.250. The van der Waals surface area contributed by atoms with Gasteiger partial charge in [-0.15, -0.1) is 0 Å². The van der Waals surface area contributed by atoms with Crippen LogP contribution in [0.5, 0.6) is 0 Å². The first-order valence-corrected chi connectivity index (χ1v) is 6.61. The molecule has 0 fully saturated rings. The molecule has 2 nitrogen and oxygen atoms in total. The zero-order valence-corrected chi connectivity index (χ0v) is 12.0. The fourth-order valence-electron chi connectivity index (χ4n) is 1.60. The standard InChI is InChI=1S/C12H18BrClN2/c1-8(2)5-10(7-15)16-9-3-4-11(13)12(14)6-9/h3-4,6,8,10,16H,5,7,15H2,1-2H3. The Labute approximate surface area is 111 Å². The summed E-state index contributed by atoms with van der Waals surface area (Å²) in [6.45, 7) is 5.02. The van der Waals surface area contributed by atoms with E-state index in [1.165, 1.54) is 0 Å². The highest BCUT2D eigenvalue weighted by molar-refractivity contribution is 9.10. The molecule has 0 saturated heterocycles. The molecule has 90 valence electrons. The van der Waals surface area contributed by atoms with Crippen molar-refractivity contribution < 1.29 is 0 Å². The summed E-state index contributed by atoms with van der Waals surface area (Å²) in [5.41, 5.74) is 6.75. The van der Waals surface area contributed by atoms with Crippen LogP contribution in [-0.4, -0.2) is 12.6 Å². The summed E-state index contributed by atoms with van der Waals surface area (Å²) in [5.74, 6) is 0.631. The van der Waals surface area contributed by atoms with E-state index in [4.69, 9.17) is 17.3 Å². The van der Waals surface area contributed by atoms with Crippen molar-refractivity contribution in [1.29, 1.82) is 0 Å². The maximum Gasteiger partial charge on any atom is 0.0568 e. The number of halogens is 2. The molecule has 0 spiro atoms. The summed E-state index contributed by atoms with van der Waals surface area (Å²) in [4.78, 5) is 0. The maximum absolute atomic E-state index is 6.03.